The van der Waals surface area contributed by atoms with Crippen LogP contribution in [0.15, 0.2) is 41.3 Å². The average molecular weight is 430 g/mol. The van der Waals surface area contributed by atoms with Gasteiger partial charge in [0.05, 0.1) is 44.0 Å². The molecule has 2 aromatic rings. The van der Waals surface area contributed by atoms with Gasteiger partial charge in [0.1, 0.15) is 23.8 Å². The Bertz CT molecular complexity index is 962. The zero-order chi connectivity index (χ0) is 20.9. The van der Waals surface area contributed by atoms with Crippen molar-refractivity contribution in [3.05, 3.63) is 41.4 Å². The van der Waals surface area contributed by atoms with E-state index >= 15 is 0 Å². The maximum absolute atomic E-state index is 13.3. The fraction of sp³-hybridized carbons (Fsp3) is 0.278. The van der Waals surface area contributed by atoms with Crippen LogP contribution in [0.4, 0.5) is 5.69 Å². The van der Waals surface area contributed by atoms with Gasteiger partial charge in [0.2, 0.25) is 0 Å². The number of carbonyl (C=O) groups excluding carboxylic acids is 1. The molecule has 0 aromatic heterocycles. The average Bonchev–Trinajstić information content (AvgIpc) is 2.70. The first-order chi connectivity index (χ1) is 13.3. The SMILES string of the molecule is COC(=O)CN(c1cc(OC)ccc1OC)S(=O)(=O)c1ccc(OC)c(Cl)c1. The lowest BCUT2D eigenvalue weighted by molar-refractivity contribution is -0.138. The molecule has 2 rings (SSSR count). The number of rotatable bonds is 8. The standard InChI is InChI=1S/C18H20ClNO7S/c1-24-12-5-7-17(26-3)15(9-12)20(11-18(21)27-4)28(22,23)13-6-8-16(25-2)14(19)10-13/h5-10H,11H2,1-4H3. The molecule has 0 radical (unpaired) electrons. The van der Waals surface area contributed by atoms with E-state index in [4.69, 9.17) is 25.8 Å². The zero-order valence-electron chi connectivity index (χ0n) is 15.8. The molecule has 152 valence electrons. The van der Waals surface area contributed by atoms with Crippen molar-refractivity contribution in [2.24, 2.45) is 0 Å². The lowest BCUT2D eigenvalue weighted by Gasteiger charge is -2.25. The number of sulfonamides is 1. The highest BCUT2D eigenvalue weighted by molar-refractivity contribution is 7.92. The molecule has 0 fully saturated rings. The van der Waals surface area contributed by atoms with Crippen LogP contribution in [0.2, 0.25) is 5.02 Å². The van der Waals surface area contributed by atoms with Gasteiger partial charge in [0, 0.05) is 6.07 Å². The van der Waals surface area contributed by atoms with E-state index in [1.807, 2.05) is 0 Å². The van der Waals surface area contributed by atoms with E-state index in [0.717, 1.165) is 4.31 Å². The predicted molar refractivity (Wildman–Crippen MR) is 104 cm³/mol. The van der Waals surface area contributed by atoms with Crippen molar-refractivity contribution in [1.29, 1.82) is 0 Å². The van der Waals surface area contributed by atoms with Gasteiger partial charge in [0.25, 0.3) is 10.0 Å². The molecule has 0 atom stereocenters. The van der Waals surface area contributed by atoms with Crippen LogP contribution in [0, 0.1) is 0 Å². The van der Waals surface area contributed by atoms with Gasteiger partial charge in [-0.1, -0.05) is 11.6 Å². The summed E-state index contributed by atoms with van der Waals surface area (Å²) >= 11 is 6.08. The molecule has 0 aliphatic heterocycles. The predicted octanol–water partition coefficient (Wildman–Crippen LogP) is 2.73. The van der Waals surface area contributed by atoms with E-state index in [2.05, 4.69) is 4.74 Å². The Morgan fingerprint density at radius 1 is 0.964 bits per heavy atom. The Morgan fingerprint density at radius 3 is 2.14 bits per heavy atom. The number of halogens is 1. The van der Waals surface area contributed by atoms with Crippen molar-refractivity contribution >= 4 is 33.3 Å². The maximum atomic E-state index is 13.3. The zero-order valence-corrected chi connectivity index (χ0v) is 17.3. The van der Waals surface area contributed by atoms with Gasteiger partial charge in [-0.25, -0.2) is 8.42 Å². The van der Waals surface area contributed by atoms with E-state index in [0.29, 0.717) is 11.5 Å². The number of methoxy groups -OCH3 is 4. The second kappa shape index (κ2) is 9.03. The van der Waals surface area contributed by atoms with E-state index in [1.54, 1.807) is 6.07 Å². The minimum Gasteiger partial charge on any atom is -0.497 e. The third-order valence-electron chi connectivity index (χ3n) is 3.87. The first-order valence-corrected chi connectivity index (χ1v) is 9.75. The highest BCUT2D eigenvalue weighted by Crippen LogP contribution is 2.37. The molecule has 0 heterocycles. The van der Waals surface area contributed by atoms with Crippen LogP contribution in [0.1, 0.15) is 0 Å². The molecule has 0 bridgehead atoms. The number of hydrogen-bond acceptors (Lipinski definition) is 7. The summed E-state index contributed by atoms with van der Waals surface area (Å²) in [6.45, 7) is -0.577. The van der Waals surface area contributed by atoms with Gasteiger partial charge in [-0.2, -0.15) is 0 Å². The molecule has 0 saturated carbocycles. The van der Waals surface area contributed by atoms with E-state index in [9.17, 15) is 13.2 Å². The molecule has 0 aliphatic carbocycles. The van der Waals surface area contributed by atoms with Crippen LogP contribution in [-0.4, -0.2) is 49.4 Å². The number of esters is 1. The molecule has 8 nitrogen and oxygen atoms in total. The van der Waals surface area contributed by atoms with Crippen LogP contribution < -0.4 is 18.5 Å². The number of hydrogen-bond donors (Lipinski definition) is 0. The molecular formula is C18H20ClNO7S. The van der Waals surface area contributed by atoms with Crippen molar-refractivity contribution in [2.75, 3.05) is 39.3 Å². The van der Waals surface area contributed by atoms with Crippen LogP contribution in [0.3, 0.4) is 0 Å². The Balaban J connectivity index is 2.66. The summed E-state index contributed by atoms with van der Waals surface area (Å²) in [5.74, 6) is 0.175. The van der Waals surface area contributed by atoms with Crippen molar-refractivity contribution < 1.29 is 32.2 Å². The Hall–Kier alpha value is -2.65. The number of carbonyl (C=O) groups is 1. The molecule has 0 aliphatic rings. The second-order valence-electron chi connectivity index (χ2n) is 5.42. The fourth-order valence-electron chi connectivity index (χ4n) is 2.41. The molecule has 28 heavy (non-hydrogen) atoms. The number of benzene rings is 2. The molecule has 0 saturated heterocycles. The number of anilines is 1. The third kappa shape index (κ3) is 4.42. The summed E-state index contributed by atoms with van der Waals surface area (Å²) in [5, 5.41) is 0.110. The molecule has 0 amide bonds. The Kier molecular flexibility index (Phi) is 6.98. The molecule has 2 aromatic carbocycles. The van der Waals surface area contributed by atoms with Gasteiger partial charge >= 0.3 is 5.97 Å². The van der Waals surface area contributed by atoms with Crippen LogP contribution >= 0.6 is 11.6 Å². The summed E-state index contributed by atoms with van der Waals surface area (Å²) in [6.07, 6.45) is 0. The fourth-order valence-corrected chi connectivity index (χ4v) is 4.17. The van der Waals surface area contributed by atoms with Crippen molar-refractivity contribution in [1.82, 2.24) is 0 Å². The lowest BCUT2D eigenvalue weighted by atomic mass is 10.2. The normalized spacial score (nSPS) is 10.9. The van der Waals surface area contributed by atoms with Gasteiger partial charge in [-0.3, -0.25) is 9.10 Å². The van der Waals surface area contributed by atoms with Crippen LogP contribution in [0.25, 0.3) is 0 Å². The molecule has 0 N–H and O–H groups in total. The molecule has 0 spiro atoms. The summed E-state index contributed by atoms with van der Waals surface area (Å²) in [7, 11) is 1.20. The van der Waals surface area contributed by atoms with Gasteiger partial charge in [0.15, 0.2) is 0 Å². The van der Waals surface area contributed by atoms with E-state index in [-0.39, 0.29) is 21.4 Å². The van der Waals surface area contributed by atoms with E-state index < -0.39 is 22.5 Å². The molecule has 0 unspecified atom stereocenters. The van der Waals surface area contributed by atoms with Crippen molar-refractivity contribution in [3.8, 4) is 17.2 Å². The monoisotopic (exact) mass is 429 g/mol. The quantitative estimate of drug-likeness (QED) is 0.596. The lowest BCUT2D eigenvalue weighted by Crippen LogP contribution is -2.36. The molecular weight excluding hydrogens is 410 g/mol. The smallest absolute Gasteiger partial charge is 0.326 e. The van der Waals surface area contributed by atoms with Crippen molar-refractivity contribution in [3.63, 3.8) is 0 Å². The first kappa shape index (κ1) is 21.6. The maximum Gasteiger partial charge on any atom is 0.326 e. The number of nitrogens with zero attached hydrogens (tertiary/aromatic N) is 1. The van der Waals surface area contributed by atoms with Crippen LogP contribution in [-0.2, 0) is 19.6 Å². The number of ether oxygens (including phenoxy) is 4. The largest absolute Gasteiger partial charge is 0.497 e. The Morgan fingerprint density at radius 2 is 1.61 bits per heavy atom. The summed E-state index contributed by atoms with van der Waals surface area (Å²) in [6, 6.07) is 8.59. The highest BCUT2D eigenvalue weighted by atomic mass is 35.5. The third-order valence-corrected chi connectivity index (χ3v) is 5.92. The highest BCUT2D eigenvalue weighted by Gasteiger charge is 2.30. The second-order valence-corrected chi connectivity index (χ2v) is 7.69. The first-order valence-electron chi connectivity index (χ1n) is 7.93. The summed E-state index contributed by atoms with van der Waals surface area (Å²) in [5.41, 5.74) is 0.110. The Labute approximate surface area is 168 Å². The van der Waals surface area contributed by atoms with Gasteiger partial charge in [-0.15, -0.1) is 0 Å². The minimum atomic E-state index is -4.21. The molecule has 10 heteroatoms. The van der Waals surface area contributed by atoms with Gasteiger partial charge < -0.3 is 18.9 Å². The summed E-state index contributed by atoms with van der Waals surface area (Å²) in [4.78, 5) is 11.8. The van der Waals surface area contributed by atoms with E-state index in [1.165, 1.54) is 58.8 Å². The van der Waals surface area contributed by atoms with Crippen molar-refractivity contribution in [2.45, 2.75) is 4.90 Å². The van der Waals surface area contributed by atoms with Gasteiger partial charge in [-0.05, 0) is 30.3 Å². The minimum absolute atomic E-state index is 0.110. The van der Waals surface area contributed by atoms with Crippen LogP contribution in [0.5, 0.6) is 17.2 Å². The summed E-state index contributed by atoms with van der Waals surface area (Å²) < 4.78 is 47.7. The topological polar surface area (TPSA) is 91.4 Å².